The van der Waals surface area contributed by atoms with Crippen molar-refractivity contribution in [1.29, 1.82) is 0 Å². The Morgan fingerprint density at radius 1 is 1.26 bits per heavy atom. The van der Waals surface area contributed by atoms with Gasteiger partial charge in [-0.3, -0.25) is 10.1 Å². The van der Waals surface area contributed by atoms with Crippen LogP contribution in [0.5, 0.6) is 0 Å². The molecule has 0 amide bonds. The maximum Gasteiger partial charge on any atom is 0.274 e. The number of hydrogen-bond donors (Lipinski definition) is 1. The fourth-order valence-electron chi connectivity index (χ4n) is 1.67. The van der Waals surface area contributed by atoms with E-state index >= 15 is 0 Å². The van der Waals surface area contributed by atoms with Crippen LogP contribution in [0.25, 0.3) is 0 Å². The molecule has 2 aromatic rings. The van der Waals surface area contributed by atoms with Gasteiger partial charge in [0.05, 0.1) is 10.5 Å². The molecule has 0 heterocycles. The molecule has 0 fully saturated rings. The first-order chi connectivity index (χ1) is 9.06. The van der Waals surface area contributed by atoms with Gasteiger partial charge in [0.25, 0.3) is 5.69 Å². The molecular weight excluding hydrogens is 271 g/mol. The van der Waals surface area contributed by atoms with Gasteiger partial charge in [0.15, 0.2) is 0 Å². The van der Waals surface area contributed by atoms with Crippen LogP contribution in [0, 0.1) is 15.9 Å². The lowest BCUT2D eigenvalue weighted by Crippen LogP contribution is -2.03. The molecule has 0 radical (unpaired) electrons. The van der Waals surface area contributed by atoms with E-state index in [1.165, 1.54) is 30.3 Å². The summed E-state index contributed by atoms with van der Waals surface area (Å²) in [5.41, 5.74) is 0.976. The van der Waals surface area contributed by atoms with Crippen LogP contribution in [0.2, 0.25) is 5.02 Å². The van der Waals surface area contributed by atoms with Crippen molar-refractivity contribution in [3.8, 4) is 0 Å². The van der Waals surface area contributed by atoms with E-state index < -0.39 is 4.92 Å². The van der Waals surface area contributed by atoms with Gasteiger partial charge in [0, 0.05) is 23.3 Å². The highest BCUT2D eigenvalue weighted by Gasteiger charge is 2.13. The molecule has 19 heavy (non-hydrogen) atoms. The molecule has 0 aliphatic heterocycles. The Kier molecular flexibility index (Phi) is 3.97. The van der Waals surface area contributed by atoms with Crippen molar-refractivity contribution in [2.45, 2.75) is 6.54 Å². The molecule has 0 aromatic heterocycles. The van der Waals surface area contributed by atoms with Crippen molar-refractivity contribution in [3.63, 3.8) is 0 Å². The molecule has 0 aliphatic rings. The maximum absolute atomic E-state index is 13.0. The second-order valence-electron chi connectivity index (χ2n) is 3.89. The van der Waals surface area contributed by atoms with Crippen LogP contribution in [0.1, 0.15) is 5.56 Å². The van der Waals surface area contributed by atoms with Crippen LogP contribution < -0.4 is 5.32 Å². The molecule has 0 saturated heterocycles. The van der Waals surface area contributed by atoms with Crippen molar-refractivity contribution in [2.24, 2.45) is 0 Å². The van der Waals surface area contributed by atoms with E-state index in [1.807, 2.05) is 0 Å². The summed E-state index contributed by atoms with van der Waals surface area (Å²) in [7, 11) is 0. The molecule has 2 aromatic carbocycles. The highest BCUT2D eigenvalue weighted by Crippen LogP contribution is 2.23. The Balaban J connectivity index is 2.19. The zero-order chi connectivity index (χ0) is 13.8. The number of benzene rings is 2. The number of nitro benzene ring substituents is 1. The van der Waals surface area contributed by atoms with E-state index in [0.717, 1.165) is 0 Å². The predicted molar refractivity (Wildman–Crippen MR) is 71.8 cm³/mol. The Labute approximate surface area is 114 Å². The highest BCUT2D eigenvalue weighted by molar-refractivity contribution is 6.30. The first kappa shape index (κ1) is 13.3. The Morgan fingerprint density at radius 2 is 2.05 bits per heavy atom. The molecule has 0 bridgehead atoms. The van der Waals surface area contributed by atoms with Gasteiger partial charge in [-0.2, -0.15) is 0 Å². The van der Waals surface area contributed by atoms with Crippen molar-refractivity contribution >= 4 is 23.0 Å². The molecule has 0 saturated carbocycles. The van der Waals surface area contributed by atoms with E-state index in [-0.39, 0.29) is 18.0 Å². The molecular formula is C13H10ClFN2O2. The summed E-state index contributed by atoms with van der Waals surface area (Å²) in [6.45, 7) is 0.195. The lowest BCUT2D eigenvalue weighted by Gasteiger charge is -2.07. The summed E-state index contributed by atoms with van der Waals surface area (Å²) in [4.78, 5) is 10.4. The van der Waals surface area contributed by atoms with Crippen LogP contribution >= 0.6 is 11.6 Å². The third-order valence-electron chi connectivity index (χ3n) is 2.55. The average molecular weight is 281 g/mol. The normalized spacial score (nSPS) is 10.2. The minimum absolute atomic E-state index is 0.0201. The van der Waals surface area contributed by atoms with Crippen LogP contribution in [0.4, 0.5) is 15.8 Å². The number of halogens is 2. The molecule has 2 rings (SSSR count). The molecule has 0 aliphatic carbocycles. The Bertz CT molecular complexity index is 619. The first-order valence-corrected chi connectivity index (χ1v) is 5.86. The first-order valence-electron chi connectivity index (χ1n) is 5.48. The Hall–Kier alpha value is -2.14. The molecule has 0 atom stereocenters. The third kappa shape index (κ3) is 3.42. The van der Waals surface area contributed by atoms with Crippen LogP contribution in [0.15, 0.2) is 42.5 Å². The topological polar surface area (TPSA) is 55.2 Å². The van der Waals surface area contributed by atoms with Gasteiger partial charge in [0.1, 0.15) is 5.82 Å². The van der Waals surface area contributed by atoms with Gasteiger partial charge in [-0.1, -0.05) is 17.7 Å². The van der Waals surface area contributed by atoms with E-state index in [0.29, 0.717) is 16.3 Å². The lowest BCUT2D eigenvalue weighted by molar-refractivity contribution is -0.385. The molecule has 98 valence electrons. The zero-order valence-corrected chi connectivity index (χ0v) is 10.5. The Morgan fingerprint density at radius 3 is 2.74 bits per heavy atom. The highest BCUT2D eigenvalue weighted by atomic mass is 35.5. The fraction of sp³-hybridized carbons (Fsp3) is 0.0769. The maximum atomic E-state index is 13.0. The van der Waals surface area contributed by atoms with E-state index in [9.17, 15) is 14.5 Å². The van der Waals surface area contributed by atoms with Crippen molar-refractivity contribution < 1.29 is 9.31 Å². The summed E-state index contributed by atoms with van der Waals surface area (Å²) in [6.07, 6.45) is 0. The quantitative estimate of drug-likeness (QED) is 0.680. The van der Waals surface area contributed by atoms with Crippen molar-refractivity contribution in [1.82, 2.24) is 0 Å². The number of nitrogens with one attached hydrogen (secondary N) is 1. The summed E-state index contributed by atoms with van der Waals surface area (Å²) < 4.78 is 13.0. The van der Waals surface area contributed by atoms with Crippen LogP contribution in [0.3, 0.4) is 0 Å². The summed E-state index contributed by atoms with van der Waals surface area (Å²) in [5, 5.41) is 14.2. The SMILES string of the molecule is O=[N+]([O-])c1ccc(Cl)cc1CNc1cccc(F)c1. The smallest absolute Gasteiger partial charge is 0.274 e. The predicted octanol–water partition coefficient (Wildman–Crippen LogP) is 4.00. The fourth-order valence-corrected chi connectivity index (χ4v) is 1.86. The number of nitro groups is 1. The zero-order valence-electron chi connectivity index (χ0n) is 9.77. The minimum atomic E-state index is -0.473. The summed E-state index contributed by atoms with van der Waals surface area (Å²) in [5.74, 6) is -0.370. The van der Waals surface area contributed by atoms with Gasteiger partial charge in [0.2, 0.25) is 0 Å². The summed E-state index contributed by atoms with van der Waals surface area (Å²) >= 11 is 5.82. The number of hydrogen-bond acceptors (Lipinski definition) is 3. The average Bonchev–Trinajstić information content (AvgIpc) is 2.36. The molecule has 0 unspecified atom stereocenters. The molecule has 6 heteroatoms. The van der Waals surface area contributed by atoms with Gasteiger partial charge in [-0.05, 0) is 30.3 Å². The van der Waals surface area contributed by atoms with Gasteiger partial charge in [-0.25, -0.2) is 4.39 Å². The van der Waals surface area contributed by atoms with Gasteiger partial charge >= 0.3 is 0 Å². The lowest BCUT2D eigenvalue weighted by atomic mass is 10.1. The third-order valence-corrected chi connectivity index (χ3v) is 2.78. The van der Waals surface area contributed by atoms with E-state index in [4.69, 9.17) is 11.6 Å². The van der Waals surface area contributed by atoms with Crippen LogP contribution in [-0.2, 0) is 6.54 Å². The van der Waals surface area contributed by atoms with Crippen molar-refractivity contribution in [2.75, 3.05) is 5.32 Å². The standard InChI is InChI=1S/C13H10ClFN2O2/c14-10-4-5-13(17(18)19)9(6-10)8-16-12-3-1-2-11(15)7-12/h1-7,16H,8H2. The van der Waals surface area contributed by atoms with Gasteiger partial charge in [-0.15, -0.1) is 0 Å². The largest absolute Gasteiger partial charge is 0.381 e. The molecule has 0 spiro atoms. The minimum Gasteiger partial charge on any atom is -0.381 e. The number of rotatable bonds is 4. The second-order valence-corrected chi connectivity index (χ2v) is 4.33. The van der Waals surface area contributed by atoms with E-state index in [2.05, 4.69) is 5.32 Å². The second kappa shape index (κ2) is 5.67. The number of anilines is 1. The van der Waals surface area contributed by atoms with Crippen molar-refractivity contribution in [3.05, 3.63) is 69.0 Å². The summed E-state index contributed by atoms with van der Waals surface area (Å²) in [6, 6.07) is 10.2. The monoisotopic (exact) mass is 280 g/mol. The molecule has 4 nitrogen and oxygen atoms in total. The van der Waals surface area contributed by atoms with Crippen LogP contribution in [-0.4, -0.2) is 4.92 Å². The number of nitrogens with zero attached hydrogens (tertiary/aromatic N) is 1. The molecule has 1 N–H and O–H groups in total. The van der Waals surface area contributed by atoms with E-state index in [1.54, 1.807) is 12.1 Å². The van der Waals surface area contributed by atoms with Gasteiger partial charge < -0.3 is 5.32 Å².